The second-order valence-electron chi connectivity index (χ2n) is 3.87. The quantitative estimate of drug-likeness (QED) is 0.858. The van der Waals surface area contributed by atoms with Crippen LogP contribution in [-0.2, 0) is 6.42 Å². The minimum atomic E-state index is 0.774. The van der Waals surface area contributed by atoms with E-state index in [2.05, 4.69) is 31.6 Å². The second kappa shape index (κ2) is 6.41. The Kier molecular flexibility index (Phi) is 4.86. The molecule has 0 radical (unpaired) electrons. The summed E-state index contributed by atoms with van der Waals surface area (Å²) in [5.41, 5.74) is 2.12. The molecule has 0 aliphatic carbocycles. The van der Waals surface area contributed by atoms with Crippen LogP contribution in [0.1, 0.15) is 16.3 Å². The Morgan fingerprint density at radius 2 is 2.22 bits per heavy atom. The molecule has 2 rings (SSSR count). The average Bonchev–Trinajstić information content (AvgIpc) is 2.75. The highest BCUT2D eigenvalue weighted by Crippen LogP contribution is 2.16. The van der Waals surface area contributed by atoms with Crippen LogP contribution in [0.4, 0.5) is 0 Å². The number of aryl methyl sites for hydroxylation is 1. The Bertz CT molecular complexity index is 551. The summed E-state index contributed by atoms with van der Waals surface area (Å²) in [5.74, 6) is 0. The molecule has 2 aromatic rings. The van der Waals surface area contributed by atoms with Gasteiger partial charge in [0.05, 0.1) is 5.01 Å². The molecular weight excluding hydrogens is 328 g/mol. The lowest BCUT2D eigenvalue weighted by Gasteiger charge is -2.08. The normalized spacial score (nSPS) is 10.3. The molecule has 0 bridgehead atoms. The Labute approximate surface area is 125 Å². The molecule has 0 spiro atoms. The molecule has 1 aromatic heterocycles. The average molecular weight is 341 g/mol. The summed E-state index contributed by atoms with van der Waals surface area (Å²) in [4.78, 5) is 5.20. The second-order valence-corrected chi connectivity index (χ2v) is 6.07. The molecule has 0 aliphatic rings. The maximum Gasteiger partial charge on any atom is 0.107 e. The molecule has 0 unspecified atom stereocenters. The van der Waals surface area contributed by atoms with E-state index in [0.717, 1.165) is 38.7 Å². The van der Waals surface area contributed by atoms with Gasteiger partial charge < -0.3 is 5.32 Å². The number of nitrogens with one attached hydrogen (secondary N) is 1. The van der Waals surface area contributed by atoms with Crippen molar-refractivity contribution in [2.75, 3.05) is 6.54 Å². The first-order valence-corrected chi connectivity index (χ1v) is 7.68. The van der Waals surface area contributed by atoms with E-state index in [9.17, 15) is 0 Å². The van der Waals surface area contributed by atoms with E-state index >= 15 is 0 Å². The Morgan fingerprint density at radius 3 is 2.89 bits per heavy atom. The molecule has 18 heavy (non-hydrogen) atoms. The van der Waals surface area contributed by atoms with Crippen molar-refractivity contribution in [3.05, 3.63) is 50.4 Å². The molecule has 0 atom stereocenters. The highest BCUT2D eigenvalue weighted by Gasteiger charge is 2.05. The summed E-state index contributed by atoms with van der Waals surface area (Å²) in [5, 5.41) is 6.48. The standard InChI is InChI=1S/C13H13BrN2S2/c1-9-8-18-12(16-9)6-7-15-13(17)10-4-2-3-5-11(10)14/h2-5,8H,6-7H2,1H3,(H,15,17). The van der Waals surface area contributed by atoms with Crippen molar-refractivity contribution >= 4 is 44.5 Å². The van der Waals surface area contributed by atoms with Crippen molar-refractivity contribution in [1.82, 2.24) is 10.3 Å². The molecule has 0 amide bonds. The zero-order valence-corrected chi connectivity index (χ0v) is 13.2. The van der Waals surface area contributed by atoms with Crippen LogP contribution in [0.5, 0.6) is 0 Å². The fraction of sp³-hybridized carbons (Fsp3) is 0.231. The highest BCUT2D eigenvalue weighted by atomic mass is 79.9. The van der Waals surface area contributed by atoms with Gasteiger partial charge in [-0.05, 0) is 13.0 Å². The van der Waals surface area contributed by atoms with Crippen molar-refractivity contribution in [2.24, 2.45) is 0 Å². The lowest BCUT2D eigenvalue weighted by Crippen LogP contribution is -2.25. The molecular formula is C13H13BrN2S2. The number of hydrogen-bond acceptors (Lipinski definition) is 3. The summed E-state index contributed by atoms with van der Waals surface area (Å²) in [6.45, 7) is 2.83. The van der Waals surface area contributed by atoms with E-state index in [4.69, 9.17) is 12.2 Å². The number of halogens is 1. The highest BCUT2D eigenvalue weighted by molar-refractivity contribution is 9.10. The van der Waals surface area contributed by atoms with Crippen LogP contribution in [0.3, 0.4) is 0 Å². The minimum absolute atomic E-state index is 0.774. The number of thiocarbonyl (C=S) groups is 1. The monoisotopic (exact) mass is 340 g/mol. The number of hydrogen-bond donors (Lipinski definition) is 1. The fourth-order valence-electron chi connectivity index (χ4n) is 1.54. The Balaban J connectivity index is 1.87. The fourth-order valence-corrected chi connectivity index (χ4v) is 3.21. The van der Waals surface area contributed by atoms with Crippen LogP contribution >= 0.6 is 39.5 Å². The molecule has 1 N–H and O–H groups in total. The minimum Gasteiger partial charge on any atom is -0.375 e. The van der Waals surface area contributed by atoms with E-state index in [-0.39, 0.29) is 0 Å². The molecule has 1 heterocycles. The molecule has 0 saturated carbocycles. The third-order valence-electron chi connectivity index (χ3n) is 2.41. The molecule has 0 fully saturated rings. The lowest BCUT2D eigenvalue weighted by molar-refractivity contribution is 0.864. The first-order valence-electron chi connectivity index (χ1n) is 5.60. The number of benzene rings is 1. The van der Waals surface area contributed by atoms with Crippen LogP contribution < -0.4 is 5.32 Å². The van der Waals surface area contributed by atoms with E-state index < -0.39 is 0 Å². The molecule has 0 aliphatic heterocycles. The molecule has 94 valence electrons. The largest absolute Gasteiger partial charge is 0.375 e. The number of thiazole rings is 1. The van der Waals surface area contributed by atoms with Crippen molar-refractivity contribution in [1.29, 1.82) is 0 Å². The summed E-state index contributed by atoms with van der Waals surface area (Å²) in [7, 11) is 0. The van der Waals surface area contributed by atoms with E-state index in [0.29, 0.717) is 0 Å². The van der Waals surface area contributed by atoms with Gasteiger partial charge in [0.2, 0.25) is 0 Å². The van der Waals surface area contributed by atoms with Gasteiger partial charge in [0, 0.05) is 34.1 Å². The Hall–Kier alpha value is -0.780. The smallest absolute Gasteiger partial charge is 0.107 e. The predicted molar refractivity (Wildman–Crippen MR) is 84.4 cm³/mol. The van der Waals surface area contributed by atoms with Gasteiger partial charge >= 0.3 is 0 Å². The maximum absolute atomic E-state index is 5.37. The van der Waals surface area contributed by atoms with Crippen LogP contribution in [0.15, 0.2) is 34.1 Å². The van der Waals surface area contributed by atoms with Crippen LogP contribution in [0.2, 0.25) is 0 Å². The van der Waals surface area contributed by atoms with Gasteiger partial charge in [-0.15, -0.1) is 11.3 Å². The predicted octanol–water partition coefficient (Wildman–Crippen LogP) is 3.72. The van der Waals surface area contributed by atoms with Crippen molar-refractivity contribution in [3.8, 4) is 0 Å². The first kappa shape index (κ1) is 13.6. The summed E-state index contributed by atoms with van der Waals surface area (Å²) in [6.07, 6.45) is 0.906. The molecule has 0 saturated heterocycles. The van der Waals surface area contributed by atoms with Crippen LogP contribution in [0, 0.1) is 6.92 Å². The summed E-state index contributed by atoms with van der Waals surface area (Å²) in [6, 6.07) is 7.97. The van der Waals surface area contributed by atoms with Gasteiger partial charge in [0.15, 0.2) is 0 Å². The van der Waals surface area contributed by atoms with Gasteiger partial charge in [-0.25, -0.2) is 4.98 Å². The maximum atomic E-state index is 5.37. The van der Waals surface area contributed by atoms with E-state index in [1.54, 1.807) is 11.3 Å². The Morgan fingerprint density at radius 1 is 1.44 bits per heavy atom. The lowest BCUT2D eigenvalue weighted by atomic mass is 10.2. The zero-order chi connectivity index (χ0) is 13.0. The van der Waals surface area contributed by atoms with Gasteiger partial charge in [0.25, 0.3) is 0 Å². The first-order chi connectivity index (χ1) is 8.66. The topological polar surface area (TPSA) is 24.9 Å². The van der Waals surface area contributed by atoms with Crippen LogP contribution in [0.25, 0.3) is 0 Å². The molecule has 1 aromatic carbocycles. The number of aromatic nitrogens is 1. The zero-order valence-electron chi connectivity index (χ0n) is 9.94. The third-order valence-corrected chi connectivity index (χ3v) is 4.49. The summed E-state index contributed by atoms with van der Waals surface area (Å²) >= 11 is 10.6. The van der Waals surface area contributed by atoms with E-state index in [1.165, 1.54) is 0 Å². The van der Waals surface area contributed by atoms with Crippen molar-refractivity contribution in [3.63, 3.8) is 0 Å². The third kappa shape index (κ3) is 3.60. The van der Waals surface area contributed by atoms with Crippen molar-refractivity contribution < 1.29 is 0 Å². The van der Waals surface area contributed by atoms with Gasteiger partial charge in [-0.2, -0.15) is 0 Å². The van der Waals surface area contributed by atoms with Gasteiger partial charge in [0.1, 0.15) is 4.99 Å². The number of rotatable bonds is 4. The van der Waals surface area contributed by atoms with Gasteiger partial charge in [-0.1, -0.05) is 46.3 Å². The van der Waals surface area contributed by atoms with E-state index in [1.807, 2.05) is 31.2 Å². The van der Waals surface area contributed by atoms with Crippen molar-refractivity contribution in [2.45, 2.75) is 13.3 Å². The molecule has 2 nitrogen and oxygen atoms in total. The van der Waals surface area contributed by atoms with Crippen LogP contribution in [-0.4, -0.2) is 16.5 Å². The summed E-state index contributed by atoms with van der Waals surface area (Å²) < 4.78 is 1.02. The number of nitrogens with zero attached hydrogens (tertiary/aromatic N) is 1. The molecule has 5 heteroatoms. The van der Waals surface area contributed by atoms with Gasteiger partial charge in [-0.3, -0.25) is 0 Å². The SMILES string of the molecule is Cc1csc(CCNC(=S)c2ccccc2Br)n1.